The van der Waals surface area contributed by atoms with E-state index in [4.69, 9.17) is 14.5 Å². The van der Waals surface area contributed by atoms with Crippen molar-refractivity contribution >= 4 is 33.3 Å². The maximum Gasteiger partial charge on any atom is 0.140 e. The number of benzene rings is 1. The van der Waals surface area contributed by atoms with E-state index < -0.39 is 0 Å². The van der Waals surface area contributed by atoms with Crippen LogP contribution in [0, 0.1) is 0 Å². The summed E-state index contributed by atoms with van der Waals surface area (Å²) in [5, 5.41) is 5.35. The molecule has 0 aliphatic carbocycles. The number of aryl methyl sites for hydroxylation is 1. The molecule has 0 atom stereocenters. The fourth-order valence-electron chi connectivity index (χ4n) is 3.89. The van der Waals surface area contributed by atoms with Gasteiger partial charge in [0.2, 0.25) is 0 Å². The van der Waals surface area contributed by atoms with Crippen LogP contribution in [0.4, 0.5) is 0 Å². The molecule has 6 nitrogen and oxygen atoms in total. The lowest BCUT2D eigenvalue weighted by Gasteiger charge is -2.07. The second-order valence-electron chi connectivity index (χ2n) is 7.16. The predicted molar refractivity (Wildman–Crippen MR) is 121 cm³/mol. The molecule has 0 N–H and O–H groups in total. The smallest absolute Gasteiger partial charge is 0.140 e. The number of ether oxygens (including phenoxy) is 2. The van der Waals surface area contributed by atoms with Crippen molar-refractivity contribution in [2.24, 2.45) is 7.05 Å². The van der Waals surface area contributed by atoms with Gasteiger partial charge in [0.15, 0.2) is 0 Å². The van der Waals surface area contributed by atoms with Crippen LogP contribution in [0.1, 0.15) is 0 Å². The molecule has 0 amide bonds. The van der Waals surface area contributed by atoms with Gasteiger partial charge in [0.1, 0.15) is 16.4 Å². The Labute approximate surface area is 178 Å². The van der Waals surface area contributed by atoms with Gasteiger partial charge in [0, 0.05) is 60.3 Å². The van der Waals surface area contributed by atoms with Gasteiger partial charge < -0.3 is 18.6 Å². The van der Waals surface area contributed by atoms with E-state index in [0.29, 0.717) is 6.61 Å². The fourth-order valence-corrected chi connectivity index (χ4v) is 4.73. The Morgan fingerprint density at radius 3 is 2.87 bits per heavy atom. The molecule has 0 fully saturated rings. The molecule has 4 heterocycles. The molecule has 0 aliphatic rings. The molecule has 7 heteroatoms. The quantitative estimate of drug-likeness (QED) is 0.391. The summed E-state index contributed by atoms with van der Waals surface area (Å²) in [5.74, 6) is 0.845. The molecule has 0 bridgehead atoms. The molecule has 0 radical (unpaired) electrons. The molecule has 0 unspecified atom stereocenters. The summed E-state index contributed by atoms with van der Waals surface area (Å²) in [7, 11) is 5.47. The molecule has 0 aliphatic heterocycles. The Hall–Kier alpha value is -3.16. The minimum atomic E-state index is 0.619. The van der Waals surface area contributed by atoms with Crippen LogP contribution in [0.5, 0.6) is 5.75 Å². The molecular weight excluding hydrogens is 396 g/mol. The average Bonchev–Trinajstić information content (AvgIpc) is 3.47. The summed E-state index contributed by atoms with van der Waals surface area (Å²) in [6, 6.07) is 12.3. The maximum absolute atomic E-state index is 5.44. The van der Waals surface area contributed by atoms with Gasteiger partial charge in [-0.2, -0.15) is 0 Å². The van der Waals surface area contributed by atoms with Gasteiger partial charge in [-0.1, -0.05) is 0 Å². The van der Waals surface area contributed by atoms with Gasteiger partial charge >= 0.3 is 0 Å². The van der Waals surface area contributed by atoms with Gasteiger partial charge in [-0.3, -0.25) is 0 Å². The van der Waals surface area contributed by atoms with Crippen molar-refractivity contribution in [3.8, 4) is 27.7 Å². The van der Waals surface area contributed by atoms with Crippen molar-refractivity contribution in [3.05, 3.63) is 54.2 Å². The first-order valence-corrected chi connectivity index (χ1v) is 10.6. The first-order chi connectivity index (χ1) is 14.7. The average molecular weight is 419 g/mol. The first-order valence-electron chi connectivity index (χ1n) is 9.72. The number of fused-ring (bicyclic) bond motifs is 2. The molecule has 30 heavy (non-hydrogen) atoms. The van der Waals surface area contributed by atoms with Crippen molar-refractivity contribution in [2.45, 2.75) is 6.54 Å². The number of pyridine rings is 1. The lowest BCUT2D eigenvalue weighted by Crippen LogP contribution is -2.06. The van der Waals surface area contributed by atoms with Crippen molar-refractivity contribution in [1.82, 2.24) is 19.1 Å². The van der Waals surface area contributed by atoms with Crippen LogP contribution in [-0.2, 0) is 18.3 Å². The third-order valence-electron chi connectivity index (χ3n) is 5.37. The Morgan fingerprint density at radius 1 is 1.13 bits per heavy atom. The van der Waals surface area contributed by atoms with Crippen LogP contribution < -0.4 is 4.74 Å². The predicted octanol–water partition coefficient (Wildman–Crippen LogP) is 4.97. The van der Waals surface area contributed by atoms with Crippen LogP contribution >= 0.6 is 11.3 Å². The number of hydrogen-bond acceptors (Lipinski definition) is 5. The minimum Gasteiger partial charge on any atom is -0.497 e. The molecule has 1 aromatic carbocycles. The van der Waals surface area contributed by atoms with E-state index in [0.717, 1.165) is 56.2 Å². The van der Waals surface area contributed by atoms with Crippen LogP contribution in [0.25, 0.3) is 43.9 Å². The highest BCUT2D eigenvalue weighted by atomic mass is 32.1. The maximum atomic E-state index is 5.44. The number of aromatic nitrogens is 4. The van der Waals surface area contributed by atoms with E-state index in [1.807, 2.05) is 18.3 Å². The Balaban J connectivity index is 1.63. The third kappa shape index (κ3) is 3.07. The number of nitrogens with zero attached hydrogens (tertiary/aromatic N) is 4. The molecule has 0 spiro atoms. The highest BCUT2D eigenvalue weighted by molar-refractivity contribution is 7.13. The standard InChI is InChI=1S/C23H22N4O2S/c1-26-13-18(17-12-16(29-3)6-7-20(17)26)23-25-19(14-30-23)21-11-15-5-4-8-24-22(15)27(21)9-10-28-2/h4-8,11-14H,9-10H2,1-3H3. The summed E-state index contributed by atoms with van der Waals surface area (Å²) in [4.78, 5) is 9.58. The first kappa shape index (κ1) is 18.8. The summed E-state index contributed by atoms with van der Waals surface area (Å²) in [5.41, 5.74) is 5.22. The normalized spacial score (nSPS) is 11.6. The van der Waals surface area contributed by atoms with E-state index in [2.05, 4.69) is 57.0 Å². The van der Waals surface area contributed by atoms with Gasteiger partial charge in [-0.05, 0) is 36.4 Å². The van der Waals surface area contributed by atoms with Crippen molar-refractivity contribution in [3.63, 3.8) is 0 Å². The van der Waals surface area contributed by atoms with Crippen molar-refractivity contribution < 1.29 is 9.47 Å². The zero-order valence-electron chi connectivity index (χ0n) is 17.1. The number of thiazole rings is 1. The van der Waals surface area contributed by atoms with Gasteiger partial charge in [-0.15, -0.1) is 11.3 Å². The summed E-state index contributed by atoms with van der Waals surface area (Å²) in [6.45, 7) is 1.35. The summed E-state index contributed by atoms with van der Waals surface area (Å²) in [6.07, 6.45) is 3.96. The van der Waals surface area contributed by atoms with Crippen LogP contribution in [0.3, 0.4) is 0 Å². The van der Waals surface area contributed by atoms with Gasteiger partial charge in [0.25, 0.3) is 0 Å². The molecule has 0 saturated heterocycles. The van der Waals surface area contributed by atoms with Gasteiger partial charge in [-0.25, -0.2) is 9.97 Å². The largest absolute Gasteiger partial charge is 0.497 e. The lowest BCUT2D eigenvalue weighted by molar-refractivity contribution is 0.188. The summed E-state index contributed by atoms with van der Waals surface area (Å²) < 4.78 is 15.1. The fraction of sp³-hybridized carbons (Fsp3) is 0.217. The molecule has 152 valence electrons. The highest BCUT2D eigenvalue weighted by Gasteiger charge is 2.17. The van der Waals surface area contributed by atoms with Crippen LogP contribution in [0.15, 0.2) is 54.2 Å². The van der Waals surface area contributed by atoms with E-state index >= 15 is 0 Å². The Bertz CT molecular complexity index is 1350. The lowest BCUT2D eigenvalue weighted by atomic mass is 10.1. The zero-order valence-corrected chi connectivity index (χ0v) is 17.9. The second kappa shape index (κ2) is 7.59. The van der Waals surface area contributed by atoms with Crippen molar-refractivity contribution in [1.29, 1.82) is 0 Å². The van der Waals surface area contributed by atoms with Gasteiger partial charge in [0.05, 0.1) is 25.1 Å². The monoisotopic (exact) mass is 418 g/mol. The van der Waals surface area contributed by atoms with E-state index in [1.54, 1.807) is 25.6 Å². The number of hydrogen-bond donors (Lipinski definition) is 0. The topological polar surface area (TPSA) is 54.1 Å². The number of rotatable bonds is 6. The number of methoxy groups -OCH3 is 2. The van der Waals surface area contributed by atoms with Crippen LogP contribution in [-0.4, -0.2) is 39.9 Å². The minimum absolute atomic E-state index is 0.619. The Morgan fingerprint density at radius 2 is 2.03 bits per heavy atom. The molecule has 5 rings (SSSR count). The van der Waals surface area contributed by atoms with E-state index in [1.165, 1.54) is 0 Å². The molecule has 4 aromatic heterocycles. The summed E-state index contributed by atoms with van der Waals surface area (Å²) >= 11 is 1.65. The second-order valence-corrected chi connectivity index (χ2v) is 8.02. The molecular formula is C23H22N4O2S. The zero-order chi connectivity index (χ0) is 20.7. The van der Waals surface area contributed by atoms with E-state index in [-0.39, 0.29) is 0 Å². The third-order valence-corrected chi connectivity index (χ3v) is 6.24. The molecule has 5 aromatic rings. The SMILES string of the molecule is COCCn1c(-c2csc(-c3cn(C)c4ccc(OC)cc34)n2)cc2cccnc21. The van der Waals surface area contributed by atoms with Crippen molar-refractivity contribution in [2.75, 3.05) is 20.8 Å². The highest BCUT2D eigenvalue weighted by Crippen LogP contribution is 2.37. The van der Waals surface area contributed by atoms with Crippen LogP contribution in [0.2, 0.25) is 0 Å². The Kier molecular flexibility index (Phi) is 4.77. The molecule has 0 saturated carbocycles. The van der Waals surface area contributed by atoms with E-state index in [9.17, 15) is 0 Å².